The number of benzene rings is 1. The molecule has 1 aromatic carbocycles. The molecule has 0 bridgehead atoms. The van der Waals surface area contributed by atoms with Gasteiger partial charge in [-0.1, -0.05) is 5.65 Å². The second kappa shape index (κ2) is 6.52. The third kappa shape index (κ3) is 7.66. The van der Waals surface area contributed by atoms with Crippen molar-refractivity contribution in [3.05, 3.63) is 29.6 Å². The molecule has 0 amide bonds. The second-order valence-corrected chi connectivity index (χ2v) is 3.51. The molecule has 0 atom stereocenters. The van der Waals surface area contributed by atoms with E-state index in [0.717, 1.165) is 5.65 Å². The van der Waals surface area contributed by atoms with E-state index in [4.69, 9.17) is 19.2 Å². The van der Waals surface area contributed by atoms with Crippen LogP contribution in [0.4, 0.5) is 23.3 Å². The van der Waals surface area contributed by atoms with Crippen LogP contribution in [0.5, 0.6) is 0 Å². The summed E-state index contributed by atoms with van der Waals surface area (Å²) in [6.45, 7) is 0. The molecule has 0 fully saturated rings. The van der Waals surface area contributed by atoms with Crippen molar-refractivity contribution in [2.75, 3.05) is 5.43 Å². The average molecular weight is 278 g/mol. The van der Waals surface area contributed by atoms with Crippen molar-refractivity contribution in [2.24, 2.45) is 0 Å². The lowest BCUT2D eigenvalue weighted by molar-refractivity contribution is 0.275. The smallest absolute Gasteiger partial charge is 0.303 e. The van der Waals surface area contributed by atoms with Gasteiger partial charge in [0.05, 0.1) is 5.69 Å². The zero-order valence-electron chi connectivity index (χ0n) is 7.86. The Kier molecular flexibility index (Phi) is 6.07. The van der Waals surface area contributed by atoms with E-state index in [1.807, 2.05) is 0 Å². The van der Waals surface area contributed by atoms with Crippen molar-refractivity contribution in [1.29, 1.82) is 0 Å². The highest BCUT2D eigenvalue weighted by Gasteiger charge is 2.09. The Balaban J connectivity index is 0.000000437. The predicted molar refractivity (Wildman–Crippen MR) is 48.4 cm³/mol. The lowest BCUT2D eigenvalue weighted by atomic mass is 10.3. The first-order valence-corrected chi connectivity index (χ1v) is 5.26. The van der Waals surface area contributed by atoms with Gasteiger partial charge in [0.25, 0.3) is 0 Å². The summed E-state index contributed by atoms with van der Waals surface area (Å²) in [4.78, 5) is 21.6. The van der Waals surface area contributed by atoms with E-state index < -0.39 is 31.0 Å². The Morgan fingerprint density at radius 2 is 1.59 bits per heavy atom. The van der Waals surface area contributed by atoms with E-state index in [1.54, 1.807) is 5.43 Å². The number of hydrazine groups is 1. The van der Waals surface area contributed by atoms with Crippen LogP contribution in [0.3, 0.4) is 0 Å². The van der Waals surface area contributed by atoms with Crippen LogP contribution in [0.15, 0.2) is 12.1 Å². The molecular weight excluding hydrogens is 271 g/mol. The SMILES string of the molecule is FNNc1cc(F)cc(F)c1F.O=P(O)(O)O. The minimum atomic E-state index is -4.64. The molecule has 1 rings (SSSR count). The molecule has 0 aliphatic carbocycles. The highest BCUT2D eigenvalue weighted by molar-refractivity contribution is 7.45. The van der Waals surface area contributed by atoms with Crippen LogP contribution >= 0.6 is 7.82 Å². The summed E-state index contributed by atoms with van der Waals surface area (Å²) in [7, 11) is -4.64. The van der Waals surface area contributed by atoms with Gasteiger partial charge in [0.2, 0.25) is 0 Å². The molecule has 17 heavy (non-hydrogen) atoms. The molecule has 6 nitrogen and oxygen atoms in total. The van der Waals surface area contributed by atoms with E-state index in [9.17, 15) is 17.7 Å². The first-order chi connectivity index (χ1) is 7.65. The van der Waals surface area contributed by atoms with E-state index in [2.05, 4.69) is 0 Å². The summed E-state index contributed by atoms with van der Waals surface area (Å²) in [6, 6.07) is 0.976. The van der Waals surface area contributed by atoms with Crippen LogP contribution in [0.25, 0.3) is 0 Å². The van der Waals surface area contributed by atoms with E-state index in [1.165, 1.54) is 0 Å². The number of anilines is 1. The second-order valence-electron chi connectivity index (χ2n) is 2.48. The summed E-state index contributed by atoms with van der Waals surface area (Å²) >= 11 is 0. The molecule has 0 saturated heterocycles. The van der Waals surface area contributed by atoms with E-state index in [-0.39, 0.29) is 0 Å². The summed E-state index contributed by atoms with van der Waals surface area (Å²) in [5.41, 5.74) is 1.81. The van der Waals surface area contributed by atoms with Gasteiger partial charge in [-0.2, -0.15) is 0 Å². The minimum absolute atomic E-state index is 0.360. The zero-order valence-corrected chi connectivity index (χ0v) is 8.76. The first kappa shape index (κ1) is 15.8. The number of hydrogen-bond acceptors (Lipinski definition) is 3. The molecule has 0 aromatic heterocycles. The van der Waals surface area contributed by atoms with Crippen molar-refractivity contribution in [3.63, 3.8) is 0 Å². The molecule has 0 heterocycles. The fourth-order valence-corrected chi connectivity index (χ4v) is 0.698. The van der Waals surface area contributed by atoms with Gasteiger partial charge in [-0.3, -0.25) is 5.43 Å². The van der Waals surface area contributed by atoms with Crippen molar-refractivity contribution < 1.29 is 36.9 Å². The van der Waals surface area contributed by atoms with Crippen LogP contribution < -0.4 is 11.1 Å². The Labute approximate surface area is 92.0 Å². The molecule has 5 N–H and O–H groups in total. The van der Waals surface area contributed by atoms with Crippen molar-refractivity contribution in [3.8, 4) is 0 Å². The normalized spacial score (nSPS) is 10.5. The Morgan fingerprint density at radius 3 is 2.00 bits per heavy atom. The highest BCUT2D eigenvalue weighted by Crippen LogP contribution is 2.25. The van der Waals surface area contributed by atoms with Gasteiger partial charge in [-0.15, -0.1) is 4.48 Å². The van der Waals surface area contributed by atoms with Gasteiger partial charge in [0.15, 0.2) is 11.6 Å². The van der Waals surface area contributed by atoms with Gasteiger partial charge < -0.3 is 14.7 Å². The fraction of sp³-hybridized carbons (Fsp3) is 0. The lowest BCUT2D eigenvalue weighted by Crippen LogP contribution is -2.12. The molecule has 1 aromatic rings. The van der Waals surface area contributed by atoms with Crippen LogP contribution in [0.2, 0.25) is 0 Å². The molecule has 0 aliphatic rings. The van der Waals surface area contributed by atoms with Gasteiger partial charge in [0.1, 0.15) is 5.82 Å². The maximum atomic E-state index is 12.6. The highest BCUT2D eigenvalue weighted by atomic mass is 31.2. The zero-order chi connectivity index (χ0) is 13.6. The molecule has 0 saturated carbocycles. The molecule has 11 heteroatoms. The standard InChI is InChI=1S/C6H4F4N2.H3O4P/c7-3-1-4(8)6(9)5(2-3)11-12-10;1-5(2,3)4/h1-2,11-12H;(H3,1,2,3,4). The van der Waals surface area contributed by atoms with Crippen LogP contribution in [-0.2, 0) is 4.57 Å². The topological polar surface area (TPSA) is 102 Å². The first-order valence-electron chi connectivity index (χ1n) is 3.69. The van der Waals surface area contributed by atoms with Crippen molar-refractivity contribution in [1.82, 2.24) is 5.65 Å². The number of phosphoric acid groups is 1. The number of rotatable bonds is 2. The molecule has 0 aliphatic heterocycles. The number of hydrogen-bond donors (Lipinski definition) is 5. The largest absolute Gasteiger partial charge is 0.466 e. The maximum absolute atomic E-state index is 12.6. The van der Waals surface area contributed by atoms with E-state index >= 15 is 0 Å². The van der Waals surface area contributed by atoms with E-state index in [0.29, 0.717) is 12.1 Å². The third-order valence-electron chi connectivity index (χ3n) is 1.17. The Bertz CT molecular complexity index is 418. The quantitative estimate of drug-likeness (QED) is 0.182. The summed E-state index contributed by atoms with van der Waals surface area (Å²) in [6.07, 6.45) is 0. The minimum Gasteiger partial charge on any atom is -0.303 e. The summed E-state index contributed by atoms with van der Waals surface area (Å²) in [5.74, 6) is -3.72. The summed E-state index contributed by atoms with van der Waals surface area (Å²) in [5, 5.41) is 0. The predicted octanol–water partition coefficient (Wildman–Crippen LogP) is 0.976. The van der Waals surface area contributed by atoms with Gasteiger partial charge in [-0.25, -0.2) is 17.7 Å². The van der Waals surface area contributed by atoms with Crippen molar-refractivity contribution in [2.45, 2.75) is 0 Å². The number of halogens is 4. The third-order valence-corrected chi connectivity index (χ3v) is 1.17. The lowest BCUT2D eigenvalue weighted by Gasteiger charge is -2.03. The molecule has 98 valence electrons. The number of nitrogens with one attached hydrogen (secondary N) is 2. The van der Waals surface area contributed by atoms with Gasteiger partial charge in [0, 0.05) is 12.1 Å². The maximum Gasteiger partial charge on any atom is 0.466 e. The fourth-order valence-electron chi connectivity index (χ4n) is 0.698. The van der Waals surface area contributed by atoms with Crippen molar-refractivity contribution >= 4 is 13.5 Å². The monoisotopic (exact) mass is 278 g/mol. The molecule has 0 unspecified atom stereocenters. The Hall–Kier alpha value is -1.19. The van der Waals surface area contributed by atoms with Gasteiger partial charge >= 0.3 is 7.82 Å². The summed E-state index contributed by atoms with van der Waals surface area (Å²) < 4.78 is 57.5. The van der Waals surface area contributed by atoms with Crippen LogP contribution in [0.1, 0.15) is 0 Å². The molecule has 0 spiro atoms. The molecule has 0 radical (unpaired) electrons. The average Bonchev–Trinajstić information content (AvgIpc) is 2.11. The van der Waals surface area contributed by atoms with Crippen LogP contribution in [0, 0.1) is 17.5 Å². The Morgan fingerprint density at radius 1 is 1.12 bits per heavy atom. The molecular formula is C6H7F4N2O4P. The van der Waals surface area contributed by atoms with Gasteiger partial charge in [-0.05, 0) is 0 Å². The van der Waals surface area contributed by atoms with Crippen LogP contribution in [-0.4, -0.2) is 14.7 Å².